The summed E-state index contributed by atoms with van der Waals surface area (Å²) in [5.74, 6) is 0. The number of nitrogens with one attached hydrogen (secondary N) is 1. The third-order valence-corrected chi connectivity index (χ3v) is 6.28. The Kier molecular flexibility index (Phi) is 8.57. The van der Waals surface area contributed by atoms with Crippen molar-refractivity contribution in [3.8, 4) is 0 Å². The molecule has 0 radical (unpaired) electrons. The molecule has 1 aliphatic rings. The first kappa shape index (κ1) is 22.3. The molecule has 1 fully saturated rings. The number of ether oxygens (including phenoxy) is 1. The smallest absolute Gasteiger partial charge is 0.173 e. The van der Waals surface area contributed by atoms with Crippen molar-refractivity contribution in [2.45, 2.75) is 19.9 Å². The fraction of sp³-hybridized carbons (Fsp3) is 0.409. The first-order valence-corrected chi connectivity index (χ1v) is 11.1. The van der Waals surface area contributed by atoms with Gasteiger partial charge in [0.05, 0.1) is 23.9 Å². The Morgan fingerprint density at radius 3 is 2.66 bits per heavy atom. The number of morpholine rings is 1. The lowest BCUT2D eigenvalue weighted by molar-refractivity contribution is 0.0368. The molecule has 0 bridgehead atoms. The Balaban J connectivity index is 1.67. The van der Waals surface area contributed by atoms with Crippen LogP contribution in [0.2, 0.25) is 10.0 Å². The Hall–Kier alpha value is -1.37. The first-order valence-electron chi connectivity index (χ1n) is 9.89. The molecule has 0 aliphatic carbocycles. The summed E-state index contributed by atoms with van der Waals surface area (Å²) in [7, 11) is 0. The molecule has 1 aliphatic heterocycles. The van der Waals surface area contributed by atoms with Crippen molar-refractivity contribution in [1.29, 1.82) is 0 Å². The lowest BCUT2D eigenvalue weighted by Gasteiger charge is -2.30. The summed E-state index contributed by atoms with van der Waals surface area (Å²) in [6, 6.07) is 13.8. The minimum atomic E-state index is 0.651. The fourth-order valence-corrected chi connectivity index (χ4v) is 3.97. The van der Waals surface area contributed by atoms with E-state index in [1.165, 1.54) is 0 Å². The van der Waals surface area contributed by atoms with Gasteiger partial charge in [-0.15, -0.1) is 0 Å². The van der Waals surface area contributed by atoms with Crippen LogP contribution in [0.3, 0.4) is 0 Å². The summed E-state index contributed by atoms with van der Waals surface area (Å²) in [6.45, 7) is 8.11. The molecule has 0 amide bonds. The van der Waals surface area contributed by atoms with Crippen molar-refractivity contribution in [1.82, 2.24) is 9.80 Å². The number of hydrogen-bond donors (Lipinski definition) is 1. The molecule has 2 aromatic carbocycles. The van der Waals surface area contributed by atoms with Gasteiger partial charge in [-0.25, -0.2) is 0 Å². The van der Waals surface area contributed by atoms with E-state index in [1.807, 2.05) is 49.4 Å². The standard InChI is InChI=1S/C22H27Cl2N3OS/c1-17-6-4-9-20(21(17)24)25-22(29)27(16-18-7-2-3-8-19(18)23)11-5-10-26-12-14-28-15-13-26/h2-4,6-9H,5,10-16H2,1H3,(H,25,29). The molecule has 0 spiro atoms. The summed E-state index contributed by atoms with van der Waals surface area (Å²) in [5, 5.41) is 5.43. The predicted molar refractivity (Wildman–Crippen MR) is 126 cm³/mol. The van der Waals surface area contributed by atoms with E-state index < -0.39 is 0 Å². The summed E-state index contributed by atoms with van der Waals surface area (Å²) in [5.41, 5.74) is 2.90. The highest BCUT2D eigenvalue weighted by Gasteiger charge is 2.16. The number of rotatable bonds is 7. The van der Waals surface area contributed by atoms with Gasteiger partial charge < -0.3 is 15.0 Å². The van der Waals surface area contributed by atoms with Crippen LogP contribution < -0.4 is 5.32 Å². The third kappa shape index (κ3) is 6.56. The second kappa shape index (κ2) is 11.1. The quantitative estimate of drug-likeness (QED) is 0.582. The zero-order chi connectivity index (χ0) is 20.6. The van der Waals surface area contributed by atoms with Crippen LogP contribution in [0.15, 0.2) is 42.5 Å². The van der Waals surface area contributed by atoms with E-state index in [0.717, 1.165) is 67.7 Å². The van der Waals surface area contributed by atoms with Gasteiger partial charge in [0, 0.05) is 37.7 Å². The van der Waals surface area contributed by atoms with E-state index in [4.69, 9.17) is 40.2 Å². The van der Waals surface area contributed by atoms with Gasteiger partial charge in [-0.3, -0.25) is 4.90 Å². The van der Waals surface area contributed by atoms with Crippen molar-refractivity contribution in [2.75, 3.05) is 44.7 Å². The van der Waals surface area contributed by atoms with Crippen LogP contribution in [-0.4, -0.2) is 54.3 Å². The maximum atomic E-state index is 6.45. The number of nitrogens with zero attached hydrogens (tertiary/aromatic N) is 2. The molecule has 1 N–H and O–H groups in total. The molecule has 3 rings (SSSR count). The monoisotopic (exact) mass is 451 g/mol. The summed E-state index contributed by atoms with van der Waals surface area (Å²) < 4.78 is 5.43. The Bertz CT molecular complexity index is 827. The number of thiocarbonyl (C=S) groups is 1. The van der Waals surface area contributed by atoms with Crippen molar-refractivity contribution >= 4 is 46.2 Å². The molecule has 29 heavy (non-hydrogen) atoms. The Morgan fingerprint density at radius 2 is 1.90 bits per heavy atom. The van der Waals surface area contributed by atoms with Gasteiger partial charge in [-0.1, -0.05) is 53.5 Å². The van der Waals surface area contributed by atoms with Gasteiger partial charge in [0.15, 0.2) is 5.11 Å². The average Bonchev–Trinajstić information content (AvgIpc) is 2.73. The zero-order valence-corrected chi connectivity index (χ0v) is 19.0. The lowest BCUT2D eigenvalue weighted by atomic mass is 10.2. The summed E-state index contributed by atoms with van der Waals surface area (Å²) in [4.78, 5) is 4.60. The van der Waals surface area contributed by atoms with Gasteiger partial charge in [0.1, 0.15) is 0 Å². The van der Waals surface area contributed by atoms with Crippen LogP contribution in [-0.2, 0) is 11.3 Å². The molecule has 1 saturated heterocycles. The third-order valence-electron chi connectivity index (χ3n) is 5.05. The van der Waals surface area contributed by atoms with Crippen LogP contribution in [0.25, 0.3) is 0 Å². The van der Waals surface area contributed by atoms with Crippen molar-refractivity contribution in [3.05, 3.63) is 63.6 Å². The van der Waals surface area contributed by atoms with Gasteiger partial charge in [0.25, 0.3) is 0 Å². The average molecular weight is 452 g/mol. The van der Waals surface area contributed by atoms with E-state index in [9.17, 15) is 0 Å². The van der Waals surface area contributed by atoms with Crippen molar-refractivity contribution < 1.29 is 4.74 Å². The molecule has 7 heteroatoms. The SMILES string of the molecule is Cc1cccc(NC(=S)N(CCCN2CCOCC2)Cc2ccccc2Cl)c1Cl. The molecule has 2 aromatic rings. The highest BCUT2D eigenvalue weighted by atomic mass is 35.5. The van der Waals surface area contributed by atoms with Gasteiger partial charge in [-0.05, 0) is 48.8 Å². The Labute approximate surface area is 188 Å². The molecular weight excluding hydrogens is 425 g/mol. The molecule has 0 atom stereocenters. The molecule has 0 aromatic heterocycles. The van der Waals surface area contributed by atoms with E-state index in [0.29, 0.717) is 16.7 Å². The fourth-order valence-electron chi connectivity index (χ4n) is 3.33. The summed E-state index contributed by atoms with van der Waals surface area (Å²) in [6.07, 6.45) is 1.01. The molecule has 1 heterocycles. The van der Waals surface area contributed by atoms with E-state index in [-0.39, 0.29) is 0 Å². The number of anilines is 1. The van der Waals surface area contributed by atoms with Crippen LogP contribution in [0.5, 0.6) is 0 Å². The van der Waals surface area contributed by atoms with E-state index >= 15 is 0 Å². The number of benzene rings is 2. The second-order valence-corrected chi connectivity index (χ2v) is 8.36. The first-order chi connectivity index (χ1) is 14.0. The molecule has 4 nitrogen and oxygen atoms in total. The van der Waals surface area contributed by atoms with Gasteiger partial charge in [0.2, 0.25) is 0 Å². The van der Waals surface area contributed by atoms with Crippen LogP contribution in [0.4, 0.5) is 5.69 Å². The van der Waals surface area contributed by atoms with Crippen molar-refractivity contribution in [2.24, 2.45) is 0 Å². The van der Waals surface area contributed by atoms with Gasteiger partial charge >= 0.3 is 0 Å². The minimum Gasteiger partial charge on any atom is -0.379 e. The zero-order valence-electron chi connectivity index (χ0n) is 16.7. The van der Waals surface area contributed by atoms with Crippen molar-refractivity contribution in [3.63, 3.8) is 0 Å². The summed E-state index contributed by atoms with van der Waals surface area (Å²) >= 11 is 18.6. The highest BCUT2D eigenvalue weighted by molar-refractivity contribution is 7.80. The predicted octanol–water partition coefficient (Wildman–Crippen LogP) is 5.22. The maximum Gasteiger partial charge on any atom is 0.173 e. The van der Waals surface area contributed by atoms with Crippen LogP contribution in [0.1, 0.15) is 17.5 Å². The highest BCUT2D eigenvalue weighted by Crippen LogP contribution is 2.26. The molecule has 0 saturated carbocycles. The topological polar surface area (TPSA) is 27.7 Å². The maximum absolute atomic E-state index is 6.45. The minimum absolute atomic E-state index is 0.651. The normalized spacial score (nSPS) is 14.6. The lowest BCUT2D eigenvalue weighted by Crippen LogP contribution is -2.40. The number of hydrogen-bond acceptors (Lipinski definition) is 3. The van der Waals surface area contributed by atoms with E-state index in [2.05, 4.69) is 15.1 Å². The number of aryl methyl sites for hydroxylation is 1. The molecular formula is C22H27Cl2N3OS. The Morgan fingerprint density at radius 1 is 1.14 bits per heavy atom. The second-order valence-electron chi connectivity index (χ2n) is 7.19. The number of halogens is 2. The largest absolute Gasteiger partial charge is 0.379 e. The van der Waals surface area contributed by atoms with Gasteiger partial charge in [-0.2, -0.15) is 0 Å². The van der Waals surface area contributed by atoms with E-state index in [1.54, 1.807) is 0 Å². The van der Waals surface area contributed by atoms with Crippen LogP contribution >= 0.6 is 35.4 Å². The van der Waals surface area contributed by atoms with Crippen LogP contribution in [0, 0.1) is 6.92 Å². The molecule has 156 valence electrons. The molecule has 0 unspecified atom stereocenters.